The topological polar surface area (TPSA) is 156 Å². The van der Waals surface area contributed by atoms with Gasteiger partial charge in [-0.25, -0.2) is 23.4 Å². The smallest absolute Gasteiger partial charge is 0.475 e. The van der Waals surface area contributed by atoms with Gasteiger partial charge in [0.15, 0.2) is 0 Å². The third-order valence-electron chi connectivity index (χ3n) is 5.95. The van der Waals surface area contributed by atoms with Gasteiger partial charge in [0.1, 0.15) is 17.9 Å². The lowest BCUT2D eigenvalue weighted by atomic mass is 9.81. The maximum absolute atomic E-state index is 13.6. The summed E-state index contributed by atoms with van der Waals surface area (Å²) >= 11 is 0. The van der Waals surface area contributed by atoms with Gasteiger partial charge in [-0.1, -0.05) is 13.3 Å². The third-order valence-corrected chi connectivity index (χ3v) is 5.95. The van der Waals surface area contributed by atoms with Crippen molar-refractivity contribution in [3.05, 3.63) is 23.9 Å². The van der Waals surface area contributed by atoms with E-state index >= 15 is 0 Å². The van der Waals surface area contributed by atoms with Crippen LogP contribution < -0.4 is 21.7 Å². The Morgan fingerprint density at radius 3 is 2.29 bits per heavy atom. The molecule has 2 atom stereocenters. The molecule has 6 N–H and O–H groups in total. The number of rotatable bonds is 11. The average Bonchev–Trinajstić information content (AvgIpc) is 2.87. The number of unbranched alkanes of at least 4 members (excludes halogenated alkanes) is 1. The lowest BCUT2D eigenvalue weighted by molar-refractivity contribution is -0.192. The molecule has 2 amide bonds. The number of nitrogens with zero attached hydrogens (tertiary/aromatic N) is 1. The molecule has 1 aliphatic rings. The first kappa shape index (κ1) is 36.7. The van der Waals surface area contributed by atoms with Gasteiger partial charge >= 0.3 is 24.4 Å². The van der Waals surface area contributed by atoms with Crippen LogP contribution in [-0.4, -0.2) is 71.6 Å². The van der Waals surface area contributed by atoms with E-state index in [1.54, 1.807) is 6.07 Å². The van der Waals surface area contributed by atoms with Crippen LogP contribution in [0.1, 0.15) is 51.0 Å². The zero-order valence-corrected chi connectivity index (χ0v) is 22.5. The lowest BCUT2D eigenvalue weighted by Crippen LogP contribution is -2.50. The standard InChI is InChI=1S/C22H32F5N5O3.C2HF3O2/c1-2-3-10-35-20(34)32-18(15-4-7-21(23,24)8-5-15)19(33)31-17-11-14(6-9-30-17)12-29-13-16(28)22(25,26)27;3-2(4,5)1(6)7/h6,9,11,15-16,18,29H,2-5,7-8,10,12-13,28H2,1H3,(H,32,34)(H,30,31,33);(H,6,7)/t16-,18-;/m0./s1. The highest BCUT2D eigenvalue weighted by Crippen LogP contribution is 2.37. The SMILES string of the molecule is CCCCOC(=O)N[C@H](C(=O)Nc1cc(CNC[C@H](N)C(F)(F)F)ccn1)C1CCC(F)(F)CC1.O=C(O)C(F)(F)F. The van der Waals surface area contributed by atoms with Crippen LogP contribution in [0.15, 0.2) is 18.3 Å². The number of halogens is 8. The summed E-state index contributed by atoms with van der Waals surface area (Å²) in [5, 5.41) is 14.8. The molecule has 0 unspecified atom stereocenters. The molecule has 1 aromatic heterocycles. The fourth-order valence-electron chi connectivity index (χ4n) is 3.62. The zero-order valence-electron chi connectivity index (χ0n) is 22.5. The number of ether oxygens (including phenoxy) is 1. The van der Waals surface area contributed by atoms with Gasteiger partial charge in [0, 0.05) is 32.1 Å². The molecule has 1 fully saturated rings. The van der Waals surface area contributed by atoms with Crippen molar-refractivity contribution in [2.24, 2.45) is 11.7 Å². The van der Waals surface area contributed by atoms with E-state index in [9.17, 15) is 44.7 Å². The number of alkyl halides is 8. The average molecular weight is 624 g/mol. The maximum atomic E-state index is 13.6. The van der Waals surface area contributed by atoms with E-state index < -0.39 is 73.6 Å². The molecule has 0 aromatic carbocycles. The number of anilines is 1. The number of carboxylic acid groups (broad SMARTS) is 1. The predicted molar refractivity (Wildman–Crippen MR) is 132 cm³/mol. The number of alkyl carbamates (subject to hydrolysis) is 1. The Bertz CT molecular complexity index is 1020. The Kier molecular flexibility index (Phi) is 14.3. The number of carboxylic acids is 1. The van der Waals surface area contributed by atoms with Crippen LogP contribution in [0, 0.1) is 5.92 Å². The van der Waals surface area contributed by atoms with Crippen LogP contribution in [0.2, 0.25) is 0 Å². The first-order valence-electron chi connectivity index (χ1n) is 12.8. The second-order valence-corrected chi connectivity index (χ2v) is 9.43. The summed E-state index contributed by atoms with van der Waals surface area (Å²) in [4.78, 5) is 38.1. The van der Waals surface area contributed by atoms with Crippen molar-refractivity contribution in [1.82, 2.24) is 15.6 Å². The molecule has 0 spiro atoms. The molecule has 0 aliphatic heterocycles. The summed E-state index contributed by atoms with van der Waals surface area (Å²) in [5.74, 6) is -6.64. The molecular formula is C24H33F8N5O5. The number of pyridine rings is 1. The summed E-state index contributed by atoms with van der Waals surface area (Å²) < 4.78 is 102. The van der Waals surface area contributed by atoms with Gasteiger partial charge in [-0.2, -0.15) is 26.3 Å². The molecule has 0 bridgehead atoms. The molecule has 1 aliphatic carbocycles. The van der Waals surface area contributed by atoms with E-state index in [1.807, 2.05) is 6.92 Å². The van der Waals surface area contributed by atoms with Crippen molar-refractivity contribution in [2.75, 3.05) is 18.5 Å². The summed E-state index contributed by atoms with van der Waals surface area (Å²) in [7, 11) is 0. The van der Waals surface area contributed by atoms with Crippen molar-refractivity contribution >= 4 is 23.8 Å². The molecule has 18 heteroatoms. The Labute approximate surface area is 235 Å². The molecule has 10 nitrogen and oxygen atoms in total. The Morgan fingerprint density at radius 1 is 1.17 bits per heavy atom. The zero-order chi connectivity index (χ0) is 32.1. The first-order chi connectivity index (χ1) is 19.4. The van der Waals surface area contributed by atoms with Gasteiger partial charge in [-0.3, -0.25) is 4.79 Å². The van der Waals surface area contributed by atoms with Crippen LogP contribution in [0.5, 0.6) is 0 Å². The summed E-state index contributed by atoms with van der Waals surface area (Å²) in [5.41, 5.74) is 5.59. The summed E-state index contributed by atoms with van der Waals surface area (Å²) in [6.07, 6.45) is -8.34. The Balaban J connectivity index is 0.00000112. The highest BCUT2D eigenvalue weighted by molar-refractivity contribution is 5.96. The predicted octanol–water partition coefficient (Wildman–Crippen LogP) is 4.35. The minimum absolute atomic E-state index is 0.0389. The number of amides is 2. The number of hydrogen-bond acceptors (Lipinski definition) is 7. The van der Waals surface area contributed by atoms with E-state index in [0.717, 1.165) is 6.42 Å². The number of carbonyl (C=O) groups excluding carboxylic acids is 2. The number of aliphatic carboxylic acids is 1. The maximum Gasteiger partial charge on any atom is 0.490 e. The number of hydrogen-bond donors (Lipinski definition) is 5. The minimum atomic E-state index is -5.08. The van der Waals surface area contributed by atoms with E-state index in [1.165, 1.54) is 12.3 Å². The van der Waals surface area contributed by atoms with E-state index in [4.69, 9.17) is 20.4 Å². The highest BCUT2D eigenvalue weighted by Gasteiger charge is 2.41. The number of aromatic nitrogens is 1. The van der Waals surface area contributed by atoms with Gasteiger partial charge in [0.05, 0.1) is 6.61 Å². The Hall–Kier alpha value is -3.28. The number of nitrogens with two attached hydrogens (primary N) is 1. The largest absolute Gasteiger partial charge is 0.490 e. The van der Waals surface area contributed by atoms with Crippen LogP contribution in [0.3, 0.4) is 0 Å². The van der Waals surface area contributed by atoms with Crippen molar-refractivity contribution < 1.29 is 59.4 Å². The Morgan fingerprint density at radius 2 is 1.76 bits per heavy atom. The third kappa shape index (κ3) is 14.1. The quantitative estimate of drug-likeness (QED) is 0.180. The van der Waals surface area contributed by atoms with Crippen LogP contribution in [0.4, 0.5) is 45.7 Å². The number of nitrogens with one attached hydrogen (secondary N) is 3. The van der Waals surface area contributed by atoms with E-state index in [2.05, 4.69) is 20.9 Å². The fourth-order valence-corrected chi connectivity index (χ4v) is 3.62. The first-order valence-corrected chi connectivity index (χ1v) is 12.8. The minimum Gasteiger partial charge on any atom is -0.475 e. The van der Waals surface area contributed by atoms with Gasteiger partial charge in [-0.15, -0.1) is 0 Å². The molecule has 0 radical (unpaired) electrons. The van der Waals surface area contributed by atoms with Crippen molar-refractivity contribution in [3.8, 4) is 0 Å². The normalized spacial score (nSPS) is 16.8. The van der Waals surface area contributed by atoms with Gasteiger partial charge in [0.25, 0.3) is 0 Å². The summed E-state index contributed by atoms with van der Waals surface area (Å²) in [6.45, 7) is 1.62. The monoisotopic (exact) mass is 623 g/mol. The van der Waals surface area contributed by atoms with Gasteiger partial charge in [-0.05, 0) is 42.9 Å². The fraction of sp³-hybridized carbons (Fsp3) is 0.667. The lowest BCUT2D eigenvalue weighted by Gasteiger charge is -2.33. The summed E-state index contributed by atoms with van der Waals surface area (Å²) in [6, 6.07) is -0.134. The van der Waals surface area contributed by atoms with Gasteiger partial charge < -0.3 is 31.5 Å². The molecule has 1 aromatic rings. The molecule has 1 saturated carbocycles. The highest BCUT2D eigenvalue weighted by atomic mass is 19.4. The second-order valence-electron chi connectivity index (χ2n) is 9.43. The van der Waals surface area contributed by atoms with Gasteiger partial charge in [0.2, 0.25) is 11.8 Å². The molecule has 0 saturated heterocycles. The molecule has 2 rings (SSSR count). The molecular weight excluding hydrogens is 590 g/mol. The molecule has 1 heterocycles. The number of carbonyl (C=O) groups is 3. The second kappa shape index (κ2) is 16.4. The molecule has 240 valence electrons. The molecule has 42 heavy (non-hydrogen) atoms. The van der Waals surface area contributed by atoms with Crippen molar-refractivity contribution in [2.45, 2.75) is 82.4 Å². The van der Waals surface area contributed by atoms with Crippen molar-refractivity contribution in [3.63, 3.8) is 0 Å². The van der Waals surface area contributed by atoms with E-state index in [-0.39, 0.29) is 31.8 Å². The van der Waals surface area contributed by atoms with E-state index in [0.29, 0.717) is 12.0 Å². The van der Waals surface area contributed by atoms with Crippen LogP contribution in [-0.2, 0) is 20.9 Å². The van der Waals surface area contributed by atoms with Crippen LogP contribution in [0.25, 0.3) is 0 Å². The van der Waals surface area contributed by atoms with Crippen LogP contribution >= 0.6 is 0 Å². The van der Waals surface area contributed by atoms with Crippen molar-refractivity contribution in [1.29, 1.82) is 0 Å².